The van der Waals surface area contributed by atoms with Gasteiger partial charge in [-0.05, 0) is 12.1 Å². The largest absolute Gasteiger partial charge is 0.493 e. The molecule has 12 heavy (non-hydrogen) atoms. The van der Waals surface area contributed by atoms with Crippen molar-refractivity contribution in [1.82, 2.24) is 0 Å². The zero-order valence-corrected chi connectivity index (χ0v) is 7.76. The number of rotatable bonds is 3. The fourth-order valence-corrected chi connectivity index (χ4v) is 1.10. The molecule has 0 N–H and O–H groups in total. The number of methoxy groups -OCH3 is 2. The summed E-state index contributed by atoms with van der Waals surface area (Å²) in [5, 5.41) is 0. The van der Waals surface area contributed by atoms with Crippen LogP contribution in [0, 0.1) is 0 Å². The summed E-state index contributed by atoms with van der Waals surface area (Å²) in [4.78, 5) is 0. The molecule has 1 aromatic rings. The van der Waals surface area contributed by atoms with Crippen LogP contribution in [0.1, 0.15) is 5.56 Å². The van der Waals surface area contributed by atoms with Gasteiger partial charge in [-0.1, -0.05) is 17.9 Å². The molecule has 0 saturated heterocycles. The van der Waals surface area contributed by atoms with E-state index in [9.17, 15) is 0 Å². The summed E-state index contributed by atoms with van der Waals surface area (Å²) >= 11 is 0. The highest BCUT2D eigenvalue weighted by molar-refractivity contribution is 6.08. The summed E-state index contributed by atoms with van der Waals surface area (Å²) in [6, 6.07) is 5.97. The van der Waals surface area contributed by atoms with Crippen molar-refractivity contribution < 1.29 is 9.47 Å². The molecule has 0 spiro atoms. The Bertz CT molecular complexity index is 261. The van der Waals surface area contributed by atoms with E-state index in [2.05, 4.69) is 7.85 Å². The quantitative estimate of drug-likeness (QED) is 0.616. The second kappa shape index (κ2) is 4.05. The maximum atomic E-state index is 5.15. The number of benzene rings is 1. The van der Waals surface area contributed by atoms with Gasteiger partial charge in [0.2, 0.25) is 0 Å². The van der Waals surface area contributed by atoms with Crippen LogP contribution in [0.5, 0.6) is 11.5 Å². The minimum Gasteiger partial charge on any atom is -0.493 e. The lowest BCUT2D eigenvalue weighted by atomic mass is 9.97. The average Bonchev–Trinajstić information content (AvgIpc) is 2.16. The van der Waals surface area contributed by atoms with Crippen molar-refractivity contribution in [1.29, 1.82) is 0 Å². The smallest absolute Gasteiger partial charge is 0.160 e. The van der Waals surface area contributed by atoms with Crippen molar-refractivity contribution in [2.75, 3.05) is 14.2 Å². The molecule has 0 bridgehead atoms. The Morgan fingerprint density at radius 2 is 1.83 bits per heavy atom. The zero-order valence-electron chi connectivity index (χ0n) is 7.76. The number of ether oxygens (including phenoxy) is 2. The van der Waals surface area contributed by atoms with Gasteiger partial charge in [-0.25, -0.2) is 0 Å². The average molecular weight is 164 g/mol. The Balaban J connectivity index is 3.02. The molecule has 0 amide bonds. The molecule has 0 unspecified atom stereocenters. The van der Waals surface area contributed by atoms with Gasteiger partial charge in [-0.2, -0.15) is 0 Å². The van der Waals surface area contributed by atoms with E-state index in [1.165, 1.54) is 5.56 Å². The van der Waals surface area contributed by atoms with E-state index >= 15 is 0 Å². The molecule has 0 fully saturated rings. The van der Waals surface area contributed by atoms with Gasteiger partial charge in [0.1, 0.15) is 7.85 Å². The highest BCUT2D eigenvalue weighted by Crippen LogP contribution is 2.27. The van der Waals surface area contributed by atoms with Gasteiger partial charge in [0.15, 0.2) is 11.5 Å². The highest BCUT2D eigenvalue weighted by Gasteiger charge is 2.02. The van der Waals surface area contributed by atoms with Crippen LogP contribution in [0.25, 0.3) is 0 Å². The minimum atomic E-state index is 0.787. The third-order valence-electron chi connectivity index (χ3n) is 1.86. The fourth-order valence-electron chi connectivity index (χ4n) is 1.10. The standard InChI is InChI=1S/C9H13BO2/c1-11-8-4-3-7(6-10)5-9(8)12-2/h3-5H,6,10H2,1-2H3. The molecule has 64 valence electrons. The molecular formula is C9H13BO2. The predicted octanol–water partition coefficient (Wildman–Crippen LogP) is 0.837. The molecule has 3 heteroatoms. The third-order valence-corrected chi connectivity index (χ3v) is 1.86. The number of hydrogen-bond donors (Lipinski definition) is 0. The van der Waals surface area contributed by atoms with E-state index in [1.54, 1.807) is 14.2 Å². The first-order valence-electron chi connectivity index (χ1n) is 4.02. The molecule has 0 aromatic heterocycles. The lowest BCUT2D eigenvalue weighted by Crippen LogP contribution is -1.92. The molecule has 0 heterocycles. The molecule has 0 atom stereocenters. The minimum absolute atomic E-state index is 0.787. The van der Waals surface area contributed by atoms with Gasteiger partial charge in [0.05, 0.1) is 14.2 Å². The van der Waals surface area contributed by atoms with E-state index in [4.69, 9.17) is 9.47 Å². The summed E-state index contributed by atoms with van der Waals surface area (Å²) in [6.07, 6.45) is 1.01. The molecule has 0 radical (unpaired) electrons. The summed E-state index contributed by atoms with van der Waals surface area (Å²) in [7, 11) is 5.40. The maximum Gasteiger partial charge on any atom is 0.160 e. The van der Waals surface area contributed by atoms with Crippen molar-refractivity contribution in [3.8, 4) is 11.5 Å². The lowest BCUT2D eigenvalue weighted by Gasteiger charge is -2.07. The van der Waals surface area contributed by atoms with Crippen LogP contribution in [0.15, 0.2) is 18.2 Å². The highest BCUT2D eigenvalue weighted by atomic mass is 16.5. The van der Waals surface area contributed by atoms with Gasteiger partial charge in [-0.15, -0.1) is 0 Å². The SMILES string of the molecule is BCc1ccc(OC)c(OC)c1. The Labute approximate surface area is 73.9 Å². The van der Waals surface area contributed by atoms with Crippen molar-refractivity contribution in [3.05, 3.63) is 23.8 Å². The Morgan fingerprint density at radius 3 is 2.33 bits per heavy atom. The van der Waals surface area contributed by atoms with Crippen molar-refractivity contribution in [2.45, 2.75) is 6.32 Å². The molecule has 1 rings (SSSR count). The van der Waals surface area contributed by atoms with Crippen LogP contribution in [0.3, 0.4) is 0 Å². The summed E-state index contributed by atoms with van der Waals surface area (Å²) in [6.45, 7) is 0. The van der Waals surface area contributed by atoms with Crippen LogP contribution >= 0.6 is 0 Å². The molecule has 0 saturated carbocycles. The first-order chi connectivity index (χ1) is 5.81. The Kier molecular flexibility index (Phi) is 3.03. The Morgan fingerprint density at radius 1 is 1.17 bits per heavy atom. The van der Waals surface area contributed by atoms with Gasteiger partial charge in [0, 0.05) is 0 Å². The van der Waals surface area contributed by atoms with Crippen molar-refractivity contribution >= 4 is 7.85 Å². The van der Waals surface area contributed by atoms with Crippen molar-refractivity contribution in [3.63, 3.8) is 0 Å². The van der Waals surface area contributed by atoms with Gasteiger partial charge < -0.3 is 9.47 Å². The molecule has 0 aliphatic heterocycles. The van der Waals surface area contributed by atoms with E-state index in [-0.39, 0.29) is 0 Å². The van der Waals surface area contributed by atoms with E-state index in [1.807, 2.05) is 18.2 Å². The Hall–Kier alpha value is -1.12. The first-order valence-corrected chi connectivity index (χ1v) is 4.02. The summed E-state index contributed by atoms with van der Waals surface area (Å²) < 4.78 is 10.3. The molecular weight excluding hydrogens is 151 g/mol. The van der Waals surface area contributed by atoms with Crippen LogP contribution in [0.2, 0.25) is 0 Å². The second-order valence-electron chi connectivity index (χ2n) is 2.54. The maximum absolute atomic E-state index is 5.15. The van der Waals surface area contributed by atoms with Crippen molar-refractivity contribution in [2.24, 2.45) is 0 Å². The third kappa shape index (κ3) is 1.73. The molecule has 1 aromatic carbocycles. The summed E-state index contributed by atoms with van der Waals surface area (Å²) in [5.41, 5.74) is 1.26. The fraction of sp³-hybridized carbons (Fsp3) is 0.333. The monoisotopic (exact) mass is 164 g/mol. The van der Waals surface area contributed by atoms with Crippen LogP contribution in [-0.2, 0) is 6.32 Å². The second-order valence-corrected chi connectivity index (χ2v) is 2.54. The van der Waals surface area contributed by atoms with Crippen LogP contribution in [0.4, 0.5) is 0 Å². The van der Waals surface area contributed by atoms with Crippen LogP contribution in [-0.4, -0.2) is 22.1 Å². The topological polar surface area (TPSA) is 18.5 Å². The predicted molar refractivity (Wildman–Crippen MR) is 51.8 cm³/mol. The zero-order chi connectivity index (χ0) is 8.97. The van der Waals surface area contributed by atoms with E-state index < -0.39 is 0 Å². The summed E-state index contributed by atoms with van der Waals surface area (Å²) in [5.74, 6) is 1.59. The van der Waals surface area contributed by atoms with E-state index in [0.717, 1.165) is 17.8 Å². The molecule has 0 aliphatic rings. The first kappa shape index (κ1) is 8.98. The van der Waals surface area contributed by atoms with Crippen LogP contribution < -0.4 is 9.47 Å². The van der Waals surface area contributed by atoms with Gasteiger partial charge in [-0.3, -0.25) is 0 Å². The van der Waals surface area contributed by atoms with Gasteiger partial charge in [0.25, 0.3) is 0 Å². The number of hydrogen-bond acceptors (Lipinski definition) is 2. The molecule has 2 nitrogen and oxygen atoms in total. The molecule has 0 aliphatic carbocycles. The normalized spacial score (nSPS) is 9.50. The van der Waals surface area contributed by atoms with E-state index in [0.29, 0.717) is 0 Å². The van der Waals surface area contributed by atoms with Gasteiger partial charge >= 0.3 is 0 Å². The lowest BCUT2D eigenvalue weighted by molar-refractivity contribution is 0.354.